The van der Waals surface area contributed by atoms with Gasteiger partial charge in [0.05, 0.1) is 33.3 Å². The highest BCUT2D eigenvalue weighted by atomic mass is 32.3. The number of hydrogen-bond acceptors (Lipinski definition) is 4. The zero-order chi connectivity index (χ0) is 26.7. The fourth-order valence-corrected chi connectivity index (χ4v) is 4.84. The van der Waals surface area contributed by atoms with Crippen molar-refractivity contribution in [2.24, 2.45) is 0 Å². The van der Waals surface area contributed by atoms with Crippen molar-refractivity contribution in [2.75, 3.05) is 33.3 Å². The molecule has 0 atom stereocenters. The SMILES string of the molecule is CCCCCCCCCCCC[N+](CC)(CC)CCCCCCCCCCCC.COS(=O)(=O)[O-]. The van der Waals surface area contributed by atoms with Crippen molar-refractivity contribution < 1.29 is 21.6 Å². The molecule has 0 aliphatic carbocycles. The van der Waals surface area contributed by atoms with Crippen molar-refractivity contribution in [3.63, 3.8) is 0 Å². The normalized spacial score (nSPS) is 11.9. The fourth-order valence-electron chi connectivity index (χ4n) is 4.84. The maximum Gasteiger partial charge on any atom is 0.217 e. The summed E-state index contributed by atoms with van der Waals surface area (Å²) in [5.74, 6) is 0. The van der Waals surface area contributed by atoms with E-state index in [1.165, 1.54) is 159 Å². The Morgan fingerprint density at radius 2 is 0.743 bits per heavy atom. The molecular formula is C29H63NO4S. The molecule has 0 unspecified atom stereocenters. The van der Waals surface area contributed by atoms with Gasteiger partial charge in [0, 0.05) is 0 Å². The van der Waals surface area contributed by atoms with Crippen molar-refractivity contribution >= 4 is 10.4 Å². The molecule has 6 heteroatoms. The third kappa shape index (κ3) is 28.3. The van der Waals surface area contributed by atoms with Gasteiger partial charge in [-0.25, -0.2) is 8.42 Å². The third-order valence-corrected chi connectivity index (χ3v) is 7.93. The number of hydrogen-bond donors (Lipinski definition) is 0. The van der Waals surface area contributed by atoms with Crippen LogP contribution in [0, 0.1) is 0 Å². The van der Waals surface area contributed by atoms with Gasteiger partial charge in [0.25, 0.3) is 0 Å². The van der Waals surface area contributed by atoms with Crippen LogP contribution >= 0.6 is 0 Å². The molecule has 35 heavy (non-hydrogen) atoms. The van der Waals surface area contributed by atoms with Crippen molar-refractivity contribution in [3.8, 4) is 0 Å². The van der Waals surface area contributed by atoms with Gasteiger partial charge >= 0.3 is 0 Å². The number of quaternary nitrogens is 1. The Kier molecular flexibility index (Phi) is 28.4. The number of unbranched alkanes of at least 4 members (excludes halogenated alkanes) is 18. The lowest BCUT2D eigenvalue weighted by Crippen LogP contribution is -2.49. The smallest absolute Gasteiger partial charge is 0.217 e. The van der Waals surface area contributed by atoms with E-state index in [9.17, 15) is 13.0 Å². The first-order chi connectivity index (χ1) is 16.8. The van der Waals surface area contributed by atoms with Crippen LogP contribution in [0.2, 0.25) is 0 Å². The summed E-state index contributed by atoms with van der Waals surface area (Å²) < 4.78 is 32.4. The molecule has 0 fully saturated rings. The van der Waals surface area contributed by atoms with Gasteiger partial charge in [0.15, 0.2) is 0 Å². The van der Waals surface area contributed by atoms with Gasteiger partial charge in [-0.2, -0.15) is 0 Å². The molecule has 0 amide bonds. The first kappa shape index (κ1) is 37.0. The number of rotatable bonds is 25. The van der Waals surface area contributed by atoms with Gasteiger partial charge < -0.3 is 9.04 Å². The van der Waals surface area contributed by atoms with Crippen molar-refractivity contribution in [2.45, 2.75) is 156 Å². The first-order valence-electron chi connectivity index (χ1n) is 15.2. The molecule has 0 spiro atoms. The van der Waals surface area contributed by atoms with E-state index in [1.54, 1.807) is 0 Å². The monoisotopic (exact) mass is 521 g/mol. The van der Waals surface area contributed by atoms with Gasteiger partial charge in [-0.1, -0.05) is 117 Å². The van der Waals surface area contributed by atoms with E-state index in [2.05, 4.69) is 31.9 Å². The Labute approximate surface area is 221 Å². The lowest BCUT2D eigenvalue weighted by Gasteiger charge is -2.37. The van der Waals surface area contributed by atoms with Gasteiger partial charge in [0.2, 0.25) is 10.4 Å². The molecule has 5 nitrogen and oxygen atoms in total. The summed E-state index contributed by atoms with van der Waals surface area (Å²) in [6.07, 6.45) is 29.1. The van der Waals surface area contributed by atoms with Gasteiger partial charge in [0.1, 0.15) is 0 Å². The van der Waals surface area contributed by atoms with Crippen molar-refractivity contribution in [1.29, 1.82) is 0 Å². The molecule has 0 aliphatic rings. The molecule has 214 valence electrons. The molecule has 0 heterocycles. The van der Waals surface area contributed by atoms with Crippen LogP contribution in [0.15, 0.2) is 0 Å². The zero-order valence-corrected chi connectivity index (χ0v) is 25.3. The third-order valence-electron chi connectivity index (χ3n) is 7.52. The van der Waals surface area contributed by atoms with Crippen LogP contribution in [-0.2, 0) is 14.6 Å². The second-order valence-corrected chi connectivity index (χ2v) is 11.5. The Balaban J connectivity index is 0. The molecule has 0 aromatic carbocycles. The highest BCUT2D eigenvalue weighted by molar-refractivity contribution is 7.80. The van der Waals surface area contributed by atoms with Crippen molar-refractivity contribution in [1.82, 2.24) is 0 Å². The average Bonchev–Trinajstić information content (AvgIpc) is 2.85. The van der Waals surface area contributed by atoms with Crippen LogP contribution in [-0.4, -0.2) is 50.7 Å². The standard InChI is InChI=1S/C28H60N.CH4O4S/c1-5-9-11-13-15-17-19-21-23-25-27-29(7-3,8-4)28-26-24-22-20-18-16-14-12-10-6-2;1-5-6(2,3)4/h5-28H2,1-4H3;1H3,(H,2,3,4)/q+1;/p-1. The summed E-state index contributed by atoms with van der Waals surface area (Å²) >= 11 is 0. The van der Waals surface area contributed by atoms with Gasteiger partial charge in [-0.05, 0) is 39.5 Å². The number of nitrogens with zero attached hydrogens (tertiary/aromatic N) is 1. The molecule has 0 aromatic rings. The minimum atomic E-state index is -4.41. The molecule has 0 rings (SSSR count). The molecule has 0 saturated carbocycles. The van der Waals surface area contributed by atoms with E-state index in [0.29, 0.717) is 0 Å². The maximum absolute atomic E-state index is 9.22. The largest absolute Gasteiger partial charge is 0.726 e. The fraction of sp³-hybridized carbons (Fsp3) is 1.00. The van der Waals surface area contributed by atoms with Crippen LogP contribution in [0.3, 0.4) is 0 Å². The second kappa shape index (κ2) is 26.9. The Morgan fingerprint density at radius 1 is 0.514 bits per heavy atom. The predicted octanol–water partition coefficient (Wildman–Crippen LogP) is 8.78. The lowest BCUT2D eigenvalue weighted by molar-refractivity contribution is -0.925. The Bertz CT molecular complexity index is 481. The molecule has 0 aromatic heterocycles. The van der Waals surface area contributed by atoms with Crippen LogP contribution < -0.4 is 0 Å². The van der Waals surface area contributed by atoms with E-state index < -0.39 is 10.4 Å². The van der Waals surface area contributed by atoms with E-state index in [1.807, 2.05) is 0 Å². The maximum atomic E-state index is 9.22. The lowest BCUT2D eigenvalue weighted by atomic mass is 10.1. The van der Waals surface area contributed by atoms with E-state index >= 15 is 0 Å². The molecule has 0 N–H and O–H groups in total. The van der Waals surface area contributed by atoms with Gasteiger partial charge in [-0.3, -0.25) is 4.18 Å². The summed E-state index contributed by atoms with van der Waals surface area (Å²) in [6.45, 7) is 15.0. The molecule has 0 saturated heterocycles. The van der Waals surface area contributed by atoms with Crippen LogP contribution in [0.25, 0.3) is 0 Å². The van der Waals surface area contributed by atoms with Crippen LogP contribution in [0.5, 0.6) is 0 Å². The van der Waals surface area contributed by atoms with Crippen molar-refractivity contribution in [3.05, 3.63) is 0 Å². The topological polar surface area (TPSA) is 66.4 Å². The van der Waals surface area contributed by atoms with Gasteiger partial charge in [-0.15, -0.1) is 0 Å². The van der Waals surface area contributed by atoms with Crippen LogP contribution in [0.4, 0.5) is 0 Å². The minimum Gasteiger partial charge on any atom is -0.726 e. The predicted molar refractivity (Wildman–Crippen MR) is 151 cm³/mol. The van der Waals surface area contributed by atoms with E-state index in [4.69, 9.17) is 0 Å². The van der Waals surface area contributed by atoms with E-state index in [0.717, 1.165) is 7.11 Å². The Hall–Kier alpha value is -0.170. The quantitative estimate of drug-likeness (QED) is 0.0521. The summed E-state index contributed by atoms with van der Waals surface area (Å²) in [5.41, 5.74) is 0. The molecule has 0 aliphatic heterocycles. The average molecular weight is 522 g/mol. The summed E-state index contributed by atoms with van der Waals surface area (Å²) in [4.78, 5) is 0. The zero-order valence-electron chi connectivity index (χ0n) is 24.5. The minimum absolute atomic E-state index is 0.808. The molecule has 0 radical (unpaired) electrons. The highest BCUT2D eigenvalue weighted by Crippen LogP contribution is 2.16. The molecule has 0 bridgehead atoms. The second-order valence-electron chi connectivity index (χ2n) is 10.4. The van der Waals surface area contributed by atoms with E-state index in [-0.39, 0.29) is 0 Å². The van der Waals surface area contributed by atoms with Crippen LogP contribution in [0.1, 0.15) is 156 Å². The highest BCUT2D eigenvalue weighted by Gasteiger charge is 2.21. The molecular weight excluding hydrogens is 458 g/mol. The first-order valence-corrected chi connectivity index (χ1v) is 16.5. The Morgan fingerprint density at radius 3 is 0.943 bits per heavy atom. The summed E-state index contributed by atoms with van der Waals surface area (Å²) in [6, 6.07) is 0. The summed E-state index contributed by atoms with van der Waals surface area (Å²) in [5, 5.41) is 0. The summed E-state index contributed by atoms with van der Waals surface area (Å²) in [7, 11) is -3.60.